The number of ether oxygens (including phenoxy) is 1. The normalized spacial score (nSPS) is 13.1. The number of para-hydroxylation sites is 2. The smallest absolute Gasteiger partial charge is 0.304 e. The zero-order valence-corrected chi connectivity index (χ0v) is 12.7. The first-order valence-electron chi connectivity index (χ1n) is 7.55. The van der Waals surface area contributed by atoms with Crippen LogP contribution in [0.25, 0.3) is 0 Å². The summed E-state index contributed by atoms with van der Waals surface area (Å²) < 4.78 is 5.74. The zero-order chi connectivity index (χ0) is 16.5. The van der Waals surface area contributed by atoms with E-state index < -0.39 is 11.7 Å². The number of anilines is 2. The van der Waals surface area contributed by atoms with Gasteiger partial charge in [-0.05, 0) is 48.5 Å². The van der Waals surface area contributed by atoms with Crippen LogP contribution in [0.15, 0.2) is 78.9 Å². The lowest BCUT2D eigenvalue weighted by Gasteiger charge is -2.17. The summed E-state index contributed by atoms with van der Waals surface area (Å²) in [6.45, 7) is 0. The zero-order valence-electron chi connectivity index (χ0n) is 12.7. The van der Waals surface area contributed by atoms with Crippen LogP contribution in [0.4, 0.5) is 11.4 Å². The number of fused-ring (bicyclic) bond motifs is 1. The molecule has 24 heavy (non-hydrogen) atoms. The van der Waals surface area contributed by atoms with Gasteiger partial charge in [-0.15, -0.1) is 0 Å². The van der Waals surface area contributed by atoms with E-state index in [4.69, 9.17) is 4.74 Å². The Morgan fingerprint density at radius 2 is 1.29 bits per heavy atom. The fourth-order valence-corrected chi connectivity index (χ4v) is 2.73. The number of nitrogens with zero attached hydrogens (tertiary/aromatic N) is 1. The Kier molecular flexibility index (Phi) is 3.35. The Morgan fingerprint density at radius 1 is 0.667 bits per heavy atom. The maximum absolute atomic E-state index is 12.3. The van der Waals surface area contributed by atoms with Crippen LogP contribution in [0.2, 0.25) is 0 Å². The SMILES string of the molecule is O=C1C(=O)N(c2ccc(Oc3ccccc3)cc2)c2ccccc21. The van der Waals surface area contributed by atoms with Gasteiger partial charge >= 0.3 is 5.91 Å². The number of Topliss-reactive ketones (excluding diaryl/α,β-unsaturated/α-hetero) is 1. The number of ketones is 1. The Labute approximate surface area is 138 Å². The first kappa shape index (κ1) is 14.2. The van der Waals surface area contributed by atoms with Crippen molar-refractivity contribution in [2.45, 2.75) is 0 Å². The molecular weight excluding hydrogens is 302 g/mol. The predicted octanol–water partition coefficient (Wildman–Crippen LogP) is 4.34. The summed E-state index contributed by atoms with van der Waals surface area (Å²) in [5, 5.41) is 0. The molecule has 0 radical (unpaired) electrons. The fraction of sp³-hybridized carbons (Fsp3) is 0. The number of carbonyl (C=O) groups excluding carboxylic acids is 2. The van der Waals surface area contributed by atoms with Gasteiger partial charge in [-0.3, -0.25) is 14.5 Å². The molecule has 0 atom stereocenters. The van der Waals surface area contributed by atoms with E-state index in [9.17, 15) is 9.59 Å². The third-order valence-electron chi connectivity index (χ3n) is 3.86. The molecule has 0 saturated carbocycles. The minimum absolute atomic E-state index is 0.437. The first-order chi connectivity index (χ1) is 11.7. The number of amides is 1. The second-order valence-electron chi connectivity index (χ2n) is 5.40. The minimum Gasteiger partial charge on any atom is -0.457 e. The predicted molar refractivity (Wildman–Crippen MR) is 90.9 cm³/mol. The van der Waals surface area contributed by atoms with Crippen LogP contribution in [-0.2, 0) is 4.79 Å². The van der Waals surface area contributed by atoms with Gasteiger partial charge in [0.05, 0.1) is 11.3 Å². The van der Waals surface area contributed by atoms with Gasteiger partial charge in [-0.2, -0.15) is 0 Å². The lowest BCUT2D eigenvalue weighted by Crippen LogP contribution is -2.24. The summed E-state index contributed by atoms with van der Waals surface area (Å²) in [4.78, 5) is 25.8. The number of carbonyl (C=O) groups is 2. The molecule has 1 heterocycles. The van der Waals surface area contributed by atoms with Crippen molar-refractivity contribution in [3.63, 3.8) is 0 Å². The molecule has 4 rings (SSSR count). The van der Waals surface area contributed by atoms with E-state index in [1.165, 1.54) is 4.90 Å². The molecule has 116 valence electrons. The molecule has 0 unspecified atom stereocenters. The molecule has 0 aliphatic carbocycles. The molecule has 4 nitrogen and oxygen atoms in total. The van der Waals surface area contributed by atoms with Gasteiger partial charge in [0.1, 0.15) is 11.5 Å². The third kappa shape index (κ3) is 2.34. The Bertz CT molecular complexity index is 917. The van der Waals surface area contributed by atoms with Crippen molar-refractivity contribution in [1.82, 2.24) is 0 Å². The highest BCUT2D eigenvalue weighted by Crippen LogP contribution is 2.36. The van der Waals surface area contributed by atoms with Crippen LogP contribution in [0.1, 0.15) is 10.4 Å². The van der Waals surface area contributed by atoms with Gasteiger partial charge in [0.15, 0.2) is 0 Å². The van der Waals surface area contributed by atoms with E-state index in [0.717, 1.165) is 5.75 Å². The van der Waals surface area contributed by atoms with Crippen molar-refractivity contribution < 1.29 is 14.3 Å². The molecule has 0 fully saturated rings. The highest BCUT2D eigenvalue weighted by atomic mass is 16.5. The molecule has 3 aromatic rings. The molecule has 1 aliphatic rings. The van der Waals surface area contributed by atoms with Gasteiger partial charge in [0, 0.05) is 5.69 Å². The Morgan fingerprint density at radius 3 is 2.04 bits per heavy atom. The van der Waals surface area contributed by atoms with E-state index in [-0.39, 0.29) is 0 Å². The van der Waals surface area contributed by atoms with Gasteiger partial charge < -0.3 is 4.74 Å². The maximum Gasteiger partial charge on any atom is 0.304 e. The summed E-state index contributed by atoms with van der Waals surface area (Å²) in [5.41, 5.74) is 1.69. The van der Waals surface area contributed by atoms with Gasteiger partial charge in [0.25, 0.3) is 5.78 Å². The first-order valence-corrected chi connectivity index (χ1v) is 7.55. The molecule has 4 heteroatoms. The Hall–Kier alpha value is -3.40. The van der Waals surface area contributed by atoms with Crippen molar-refractivity contribution in [2.24, 2.45) is 0 Å². The molecule has 1 aliphatic heterocycles. The number of benzene rings is 3. The van der Waals surface area contributed by atoms with Crippen LogP contribution in [0.5, 0.6) is 11.5 Å². The molecule has 0 spiro atoms. The van der Waals surface area contributed by atoms with E-state index in [1.54, 1.807) is 42.5 Å². The van der Waals surface area contributed by atoms with Crippen LogP contribution in [0.3, 0.4) is 0 Å². The van der Waals surface area contributed by atoms with E-state index in [2.05, 4.69) is 0 Å². The molecule has 1 amide bonds. The van der Waals surface area contributed by atoms with Crippen LogP contribution in [-0.4, -0.2) is 11.7 Å². The standard InChI is InChI=1S/C20H13NO3/c22-19-17-8-4-5-9-18(17)21(20(19)23)14-10-12-16(13-11-14)24-15-6-2-1-3-7-15/h1-13H. The monoisotopic (exact) mass is 315 g/mol. The second kappa shape index (κ2) is 5.66. The summed E-state index contributed by atoms with van der Waals surface area (Å²) >= 11 is 0. The summed E-state index contributed by atoms with van der Waals surface area (Å²) in [6.07, 6.45) is 0. The highest BCUT2D eigenvalue weighted by molar-refractivity contribution is 6.53. The third-order valence-corrected chi connectivity index (χ3v) is 3.86. The number of hydrogen-bond acceptors (Lipinski definition) is 3. The van der Waals surface area contributed by atoms with Crippen molar-refractivity contribution in [1.29, 1.82) is 0 Å². The lowest BCUT2D eigenvalue weighted by atomic mass is 10.1. The van der Waals surface area contributed by atoms with E-state index >= 15 is 0 Å². The summed E-state index contributed by atoms with van der Waals surface area (Å²) in [5.74, 6) is 0.391. The van der Waals surface area contributed by atoms with Crippen molar-refractivity contribution >= 4 is 23.1 Å². The van der Waals surface area contributed by atoms with Crippen LogP contribution < -0.4 is 9.64 Å². The summed E-state index contributed by atoms with van der Waals surface area (Å²) in [6, 6.07) is 23.6. The van der Waals surface area contributed by atoms with E-state index in [0.29, 0.717) is 22.7 Å². The molecular formula is C20H13NO3. The maximum atomic E-state index is 12.3. The largest absolute Gasteiger partial charge is 0.457 e. The van der Waals surface area contributed by atoms with Crippen molar-refractivity contribution in [3.05, 3.63) is 84.4 Å². The minimum atomic E-state index is -0.534. The average Bonchev–Trinajstić information content (AvgIpc) is 2.88. The average molecular weight is 315 g/mol. The van der Waals surface area contributed by atoms with E-state index in [1.807, 2.05) is 36.4 Å². The molecule has 0 aromatic heterocycles. The van der Waals surface area contributed by atoms with Crippen molar-refractivity contribution in [2.75, 3.05) is 4.90 Å². The van der Waals surface area contributed by atoms with Gasteiger partial charge in [-0.25, -0.2) is 0 Å². The highest BCUT2D eigenvalue weighted by Gasteiger charge is 2.36. The molecule has 0 N–H and O–H groups in total. The van der Waals surface area contributed by atoms with Gasteiger partial charge in [0.2, 0.25) is 0 Å². The van der Waals surface area contributed by atoms with Gasteiger partial charge in [-0.1, -0.05) is 30.3 Å². The summed E-state index contributed by atoms with van der Waals surface area (Å²) in [7, 11) is 0. The molecule has 3 aromatic carbocycles. The second-order valence-corrected chi connectivity index (χ2v) is 5.40. The van der Waals surface area contributed by atoms with Crippen molar-refractivity contribution in [3.8, 4) is 11.5 Å². The Balaban J connectivity index is 1.64. The topological polar surface area (TPSA) is 46.6 Å². The number of rotatable bonds is 3. The quantitative estimate of drug-likeness (QED) is 0.675. The fourth-order valence-electron chi connectivity index (χ4n) is 2.73. The molecule has 0 saturated heterocycles. The number of hydrogen-bond donors (Lipinski definition) is 0. The molecule has 0 bridgehead atoms. The van der Waals surface area contributed by atoms with Crippen LogP contribution >= 0.6 is 0 Å². The van der Waals surface area contributed by atoms with Crippen LogP contribution in [0, 0.1) is 0 Å². The lowest BCUT2D eigenvalue weighted by molar-refractivity contribution is -0.113.